The minimum absolute atomic E-state index is 0.101. The molecule has 16 heavy (non-hydrogen) atoms. The van der Waals surface area contributed by atoms with Crippen molar-refractivity contribution in [1.82, 2.24) is 4.72 Å². The molecule has 1 unspecified atom stereocenters. The summed E-state index contributed by atoms with van der Waals surface area (Å²) in [4.78, 5) is -0.101. The van der Waals surface area contributed by atoms with E-state index in [1.807, 2.05) is 0 Å². The highest BCUT2D eigenvalue weighted by Crippen LogP contribution is 2.11. The SMILES string of the molecule is C#CCC(C)NS(=O)(=O)c1cccc(F)c1. The maximum Gasteiger partial charge on any atom is 0.240 e. The number of benzene rings is 1. The van der Waals surface area contributed by atoms with Crippen LogP contribution in [0.25, 0.3) is 0 Å². The fourth-order valence-corrected chi connectivity index (χ4v) is 2.46. The Hall–Kier alpha value is -1.38. The lowest BCUT2D eigenvalue weighted by atomic mass is 10.3. The molecule has 0 aliphatic carbocycles. The smallest absolute Gasteiger partial charge is 0.207 e. The topological polar surface area (TPSA) is 46.2 Å². The van der Waals surface area contributed by atoms with Crippen LogP contribution >= 0.6 is 0 Å². The molecule has 0 fully saturated rings. The third-order valence-corrected chi connectivity index (χ3v) is 3.47. The molecule has 86 valence electrons. The van der Waals surface area contributed by atoms with Crippen LogP contribution in [0, 0.1) is 18.2 Å². The molecule has 0 spiro atoms. The number of hydrogen-bond acceptors (Lipinski definition) is 2. The minimum atomic E-state index is -3.69. The highest BCUT2D eigenvalue weighted by atomic mass is 32.2. The molecule has 0 aliphatic rings. The van der Waals surface area contributed by atoms with Gasteiger partial charge in [-0.05, 0) is 25.1 Å². The molecule has 1 aromatic rings. The zero-order valence-corrected chi connectivity index (χ0v) is 9.59. The van der Waals surface area contributed by atoms with Gasteiger partial charge in [0.25, 0.3) is 0 Å². The number of terminal acetylenes is 1. The van der Waals surface area contributed by atoms with Crippen LogP contribution in [-0.4, -0.2) is 14.5 Å². The van der Waals surface area contributed by atoms with Gasteiger partial charge in [0, 0.05) is 12.5 Å². The Morgan fingerprint density at radius 1 is 1.56 bits per heavy atom. The number of sulfonamides is 1. The normalized spacial score (nSPS) is 13.1. The van der Waals surface area contributed by atoms with Crippen molar-refractivity contribution in [2.45, 2.75) is 24.3 Å². The molecule has 1 N–H and O–H groups in total. The van der Waals surface area contributed by atoms with Crippen molar-refractivity contribution in [3.63, 3.8) is 0 Å². The van der Waals surface area contributed by atoms with Crippen LogP contribution in [-0.2, 0) is 10.0 Å². The lowest BCUT2D eigenvalue weighted by Crippen LogP contribution is -2.32. The molecule has 0 amide bonds. The highest BCUT2D eigenvalue weighted by molar-refractivity contribution is 7.89. The van der Waals surface area contributed by atoms with E-state index in [2.05, 4.69) is 10.6 Å². The van der Waals surface area contributed by atoms with Crippen molar-refractivity contribution in [1.29, 1.82) is 0 Å². The van der Waals surface area contributed by atoms with Crippen LogP contribution in [0.2, 0.25) is 0 Å². The Morgan fingerprint density at radius 3 is 2.81 bits per heavy atom. The van der Waals surface area contributed by atoms with Gasteiger partial charge < -0.3 is 0 Å². The predicted molar refractivity (Wildman–Crippen MR) is 59.6 cm³/mol. The van der Waals surface area contributed by atoms with E-state index in [9.17, 15) is 12.8 Å². The van der Waals surface area contributed by atoms with Gasteiger partial charge in [-0.3, -0.25) is 0 Å². The van der Waals surface area contributed by atoms with Crippen LogP contribution in [0.4, 0.5) is 4.39 Å². The second-order valence-corrected chi connectivity index (χ2v) is 5.10. The summed E-state index contributed by atoms with van der Waals surface area (Å²) in [5.41, 5.74) is 0. The first-order chi connectivity index (χ1) is 7.45. The van der Waals surface area contributed by atoms with E-state index in [0.717, 1.165) is 6.07 Å². The summed E-state index contributed by atoms with van der Waals surface area (Å²) in [6.45, 7) is 1.65. The monoisotopic (exact) mass is 241 g/mol. The minimum Gasteiger partial charge on any atom is -0.207 e. The van der Waals surface area contributed by atoms with E-state index in [0.29, 0.717) is 0 Å². The standard InChI is InChI=1S/C11H12FNO2S/c1-3-5-9(2)13-16(14,15)11-7-4-6-10(12)8-11/h1,4,6-9,13H,5H2,2H3. The van der Waals surface area contributed by atoms with E-state index in [1.54, 1.807) is 6.92 Å². The van der Waals surface area contributed by atoms with Crippen LogP contribution in [0.15, 0.2) is 29.2 Å². The average Bonchev–Trinajstić information content (AvgIpc) is 2.17. The van der Waals surface area contributed by atoms with Gasteiger partial charge in [-0.25, -0.2) is 17.5 Å². The summed E-state index contributed by atoms with van der Waals surface area (Å²) >= 11 is 0. The van der Waals surface area contributed by atoms with Gasteiger partial charge in [0.1, 0.15) is 5.82 Å². The van der Waals surface area contributed by atoms with E-state index in [-0.39, 0.29) is 17.4 Å². The molecule has 0 heterocycles. The van der Waals surface area contributed by atoms with Crippen LogP contribution < -0.4 is 4.72 Å². The number of hydrogen-bond donors (Lipinski definition) is 1. The zero-order valence-electron chi connectivity index (χ0n) is 8.77. The molecule has 1 aromatic carbocycles. The Bertz CT molecular complexity index is 505. The van der Waals surface area contributed by atoms with Gasteiger partial charge >= 0.3 is 0 Å². The first-order valence-electron chi connectivity index (χ1n) is 4.67. The molecule has 3 nitrogen and oxygen atoms in total. The van der Waals surface area contributed by atoms with Crippen LogP contribution in [0.1, 0.15) is 13.3 Å². The van der Waals surface area contributed by atoms with E-state index >= 15 is 0 Å². The number of nitrogens with one attached hydrogen (secondary N) is 1. The molecule has 0 saturated heterocycles. The summed E-state index contributed by atoms with van der Waals surface area (Å²) in [6.07, 6.45) is 5.35. The lowest BCUT2D eigenvalue weighted by Gasteiger charge is -2.11. The van der Waals surface area contributed by atoms with Crippen molar-refractivity contribution in [2.24, 2.45) is 0 Å². The van der Waals surface area contributed by atoms with Crippen molar-refractivity contribution in [2.75, 3.05) is 0 Å². The van der Waals surface area contributed by atoms with Crippen molar-refractivity contribution in [3.05, 3.63) is 30.1 Å². The van der Waals surface area contributed by atoms with E-state index in [4.69, 9.17) is 6.42 Å². The quantitative estimate of drug-likeness (QED) is 0.812. The van der Waals surface area contributed by atoms with Crippen molar-refractivity contribution in [3.8, 4) is 12.3 Å². The zero-order chi connectivity index (χ0) is 12.2. The summed E-state index contributed by atoms with van der Waals surface area (Å²) in [7, 11) is -3.69. The summed E-state index contributed by atoms with van der Waals surface area (Å²) < 4.78 is 38.7. The van der Waals surface area contributed by atoms with Gasteiger partial charge in [-0.15, -0.1) is 12.3 Å². The maximum absolute atomic E-state index is 12.9. The van der Waals surface area contributed by atoms with Crippen LogP contribution in [0.5, 0.6) is 0 Å². The molecular weight excluding hydrogens is 229 g/mol. The molecular formula is C11H12FNO2S. The number of rotatable bonds is 4. The summed E-state index contributed by atoms with van der Waals surface area (Å²) in [5.74, 6) is 1.76. The first-order valence-corrected chi connectivity index (χ1v) is 6.15. The lowest BCUT2D eigenvalue weighted by molar-refractivity contribution is 0.561. The predicted octanol–water partition coefficient (Wildman–Crippen LogP) is 1.52. The Kier molecular flexibility index (Phi) is 4.05. The fraction of sp³-hybridized carbons (Fsp3) is 0.273. The molecule has 1 rings (SSSR count). The average molecular weight is 241 g/mol. The summed E-state index contributed by atoms with van der Waals surface area (Å²) in [6, 6.07) is 4.44. The van der Waals surface area contributed by atoms with Crippen molar-refractivity contribution >= 4 is 10.0 Å². The number of halogens is 1. The van der Waals surface area contributed by atoms with Gasteiger partial charge in [0.05, 0.1) is 4.90 Å². The van der Waals surface area contributed by atoms with Gasteiger partial charge in [0.2, 0.25) is 10.0 Å². The summed E-state index contributed by atoms with van der Waals surface area (Å²) in [5, 5.41) is 0. The van der Waals surface area contributed by atoms with Gasteiger partial charge in [-0.2, -0.15) is 0 Å². The van der Waals surface area contributed by atoms with E-state index < -0.39 is 15.8 Å². The molecule has 0 bridgehead atoms. The first kappa shape index (κ1) is 12.7. The fourth-order valence-electron chi connectivity index (χ4n) is 1.19. The molecule has 1 atom stereocenters. The Morgan fingerprint density at radius 2 is 2.25 bits per heavy atom. The van der Waals surface area contributed by atoms with Gasteiger partial charge in [-0.1, -0.05) is 6.07 Å². The Labute approximate surface area is 94.7 Å². The molecule has 0 saturated carbocycles. The third-order valence-electron chi connectivity index (χ3n) is 1.89. The van der Waals surface area contributed by atoms with Gasteiger partial charge in [0.15, 0.2) is 0 Å². The molecule has 5 heteroatoms. The maximum atomic E-state index is 12.9. The molecule has 0 aromatic heterocycles. The third kappa shape index (κ3) is 3.33. The Balaban J connectivity index is 2.91. The second-order valence-electron chi connectivity index (χ2n) is 3.39. The second kappa shape index (κ2) is 5.10. The van der Waals surface area contributed by atoms with E-state index in [1.165, 1.54) is 18.2 Å². The highest BCUT2D eigenvalue weighted by Gasteiger charge is 2.16. The largest absolute Gasteiger partial charge is 0.240 e. The molecule has 0 radical (unpaired) electrons. The molecule has 0 aliphatic heterocycles. The van der Waals surface area contributed by atoms with Crippen molar-refractivity contribution < 1.29 is 12.8 Å². The van der Waals surface area contributed by atoms with Crippen LogP contribution in [0.3, 0.4) is 0 Å².